The van der Waals surface area contributed by atoms with E-state index in [1.807, 2.05) is 0 Å². The fraction of sp³-hybridized carbons (Fsp3) is 0.429. The molecule has 1 aliphatic rings. The van der Waals surface area contributed by atoms with Crippen LogP contribution < -0.4 is 5.32 Å². The lowest BCUT2D eigenvalue weighted by Gasteiger charge is -2.31. The summed E-state index contributed by atoms with van der Waals surface area (Å²) in [5.74, 6) is -0.911. The van der Waals surface area contributed by atoms with Crippen molar-refractivity contribution in [3.63, 3.8) is 0 Å². The third kappa shape index (κ3) is 3.86. The number of carboxylic acids is 1. The number of nitrogens with one attached hydrogen (secondary N) is 1. The molecule has 3 N–H and O–H groups in total. The first kappa shape index (κ1) is 15.6. The summed E-state index contributed by atoms with van der Waals surface area (Å²) in [5.41, 5.74) is 0.183. The fourth-order valence-electron chi connectivity index (χ4n) is 2.32. The number of hydrogen-bond donors (Lipinski definition) is 3. The molecule has 6 nitrogen and oxygen atoms in total. The number of carbonyl (C=O) groups is 2. The van der Waals surface area contributed by atoms with Crippen LogP contribution in [0, 0.1) is 5.92 Å². The van der Waals surface area contributed by atoms with E-state index in [1.165, 1.54) is 18.2 Å². The Labute approximate surface area is 127 Å². The Morgan fingerprint density at radius 3 is 2.57 bits per heavy atom. The number of aliphatic hydroxyl groups is 1. The fourth-order valence-corrected chi connectivity index (χ4v) is 2.49. The molecular weight excluding hydrogens is 296 g/mol. The number of anilines is 1. The van der Waals surface area contributed by atoms with Crippen LogP contribution in [0.15, 0.2) is 18.2 Å². The molecule has 1 aromatic rings. The number of piperidine rings is 1. The molecule has 0 aromatic heterocycles. The second kappa shape index (κ2) is 6.78. The number of carboxylic acid groups (broad SMARTS) is 1. The van der Waals surface area contributed by atoms with Crippen LogP contribution in [0.4, 0.5) is 10.5 Å². The molecule has 21 heavy (non-hydrogen) atoms. The minimum atomic E-state index is -1.15. The highest BCUT2D eigenvalue weighted by Gasteiger charge is 2.23. The molecule has 1 aliphatic heterocycles. The Kier molecular flexibility index (Phi) is 5.03. The van der Waals surface area contributed by atoms with E-state index in [9.17, 15) is 9.59 Å². The average Bonchev–Trinajstić information content (AvgIpc) is 2.49. The van der Waals surface area contributed by atoms with E-state index in [0.29, 0.717) is 18.1 Å². The highest BCUT2D eigenvalue weighted by molar-refractivity contribution is 6.31. The Bertz CT molecular complexity index is 542. The highest BCUT2D eigenvalue weighted by atomic mass is 35.5. The van der Waals surface area contributed by atoms with Crippen LogP contribution in [-0.2, 0) is 0 Å². The molecule has 114 valence electrons. The number of likely N-dealkylation sites (tertiary alicyclic amines) is 1. The standard InChI is InChI=1S/C14H17ClN2O4/c15-10-1-2-12(11(7-10)13(19)20)16-14(21)17-5-3-9(8-18)4-6-17/h1-2,7,9,18H,3-6,8H2,(H,16,21)(H,19,20). The first-order valence-corrected chi connectivity index (χ1v) is 7.08. The number of carbonyl (C=O) groups excluding carboxylic acids is 1. The van der Waals surface area contributed by atoms with Gasteiger partial charge >= 0.3 is 12.0 Å². The molecule has 7 heteroatoms. The maximum Gasteiger partial charge on any atom is 0.337 e. The number of amides is 2. The van der Waals surface area contributed by atoms with Gasteiger partial charge in [-0.3, -0.25) is 0 Å². The molecule has 0 saturated carbocycles. The molecule has 0 radical (unpaired) electrons. The van der Waals surface area contributed by atoms with Gasteiger partial charge in [0, 0.05) is 24.7 Å². The van der Waals surface area contributed by atoms with Crippen molar-refractivity contribution in [1.82, 2.24) is 4.90 Å². The minimum Gasteiger partial charge on any atom is -0.478 e. The van der Waals surface area contributed by atoms with E-state index in [0.717, 1.165) is 12.8 Å². The number of urea groups is 1. The molecule has 0 atom stereocenters. The number of halogens is 1. The number of benzene rings is 1. The zero-order valence-corrected chi connectivity index (χ0v) is 12.1. The summed E-state index contributed by atoms with van der Waals surface area (Å²) in [6.45, 7) is 1.23. The summed E-state index contributed by atoms with van der Waals surface area (Å²) in [4.78, 5) is 24.9. The van der Waals surface area contributed by atoms with Gasteiger partial charge < -0.3 is 20.4 Å². The normalized spacial score (nSPS) is 15.8. The van der Waals surface area contributed by atoms with Gasteiger partial charge in [-0.05, 0) is 37.0 Å². The maximum atomic E-state index is 12.1. The van der Waals surface area contributed by atoms with Crippen LogP contribution in [0.1, 0.15) is 23.2 Å². The number of nitrogens with zero attached hydrogens (tertiary/aromatic N) is 1. The van der Waals surface area contributed by atoms with Crippen molar-refractivity contribution in [2.75, 3.05) is 25.0 Å². The van der Waals surface area contributed by atoms with Gasteiger partial charge in [0.15, 0.2) is 0 Å². The Balaban J connectivity index is 2.05. The molecule has 1 fully saturated rings. The first-order chi connectivity index (χ1) is 10.0. The quantitative estimate of drug-likeness (QED) is 0.798. The summed E-state index contributed by atoms with van der Waals surface area (Å²) < 4.78 is 0. The largest absolute Gasteiger partial charge is 0.478 e. The zero-order chi connectivity index (χ0) is 15.4. The number of hydrogen-bond acceptors (Lipinski definition) is 3. The van der Waals surface area contributed by atoms with Crippen LogP contribution in [0.5, 0.6) is 0 Å². The lowest BCUT2D eigenvalue weighted by Crippen LogP contribution is -2.41. The molecule has 0 unspecified atom stereocenters. The van der Waals surface area contributed by atoms with Crippen LogP contribution in [0.2, 0.25) is 5.02 Å². The van der Waals surface area contributed by atoms with Gasteiger partial charge in [-0.25, -0.2) is 9.59 Å². The van der Waals surface area contributed by atoms with E-state index in [1.54, 1.807) is 4.90 Å². The molecule has 1 aromatic carbocycles. The van der Waals surface area contributed by atoms with E-state index < -0.39 is 5.97 Å². The van der Waals surface area contributed by atoms with Crippen LogP contribution in [0.3, 0.4) is 0 Å². The van der Waals surface area contributed by atoms with Crippen molar-refractivity contribution in [2.45, 2.75) is 12.8 Å². The van der Waals surface area contributed by atoms with Gasteiger partial charge in [0.05, 0.1) is 11.3 Å². The Morgan fingerprint density at radius 1 is 1.33 bits per heavy atom. The van der Waals surface area contributed by atoms with Gasteiger partial charge in [0.2, 0.25) is 0 Å². The van der Waals surface area contributed by atoms with E-state index in [-0.39, 0.29) is 29.8 Å². The van der Waals surface area contributed by atoms with Gasteiger partial charge in [0.25, 0.3) is 0 Å². The van der Waals surface area contributed by atoms with E-state index >= 15 is 0 Å². The molecule has 2 amide bonds. The van der Waals surface area contributed by atoms with Gasteiger partial charge in [-0.15, -0.1) is 0 Å². The minimum absolute atomic E-state index is 0.0407. The lowest BCUT2D eigenvalue weighted by molar-refractivity contribution is 0.0698. The predicted octanol–water partition coefficient (Wildman–Crippen LogP) is 2.27. The average molecular weight is 313 g/mol. The van der Waals surface area contributed by atoms with Crippen molar-refractivity contribution in [3.8, 4) is 0 Å². The van der Waals surface area contributed by atoms with Crippen molar-refractivity contribution in [1.29, 1.82) is 0 Å². The monoisotopic (exact) mass is 312 g/mol. The summed E-state index contributed by atoms with van der Waals surface area (Å²) in [7, 11) is 0. The Hall–Kier alpha value is -1.79. The third-order valence-electron chi connectivity index (χ3n) is 3.61. The maximum absolute atomic E-state index is 12.1. The number of aromatic carboxylic acids is 1. The molecule has 0 bridgehead atoms. The van der Waals surface area contributed by atoms with Crippen molar-refractivity contribution in [3.05, 3.63) is 28.8 Å². The Morgan fingerprint density at radius 2 is 2.00 bits per heavy atom. The molecule has 0 spiro atoms. The van der Waals surface area contributed by atoms with E-state index in [4.69, 9.17) is 21.8 Å². The molecular formula is C14H17ClN2O4. The van der Waals surface area contributed by atoms with Crippen molar-refractivity contribution >= 4 is 29.3 Å². The summed E-state index contributed by atoms with van der Waals surface area (Å²) in [6.07, 6.45) is 1.49. The van der Waals surface area contributed by atoms with Crippen LogP contribution >= 0.6 is 11.6 Å². The smallest absolute Gasteiger partial charge is 0.337 e. The number of rotatable bonds is 3. The van der Waals surface area contributed by atoms with Crippen LogP contribution in [-0.4, -0.2) is 46.8 Å². The number of aliphatic hydroxyl groups excluding tert-OH is 1. The molecule has 1 saturated heterocycles. The predicted molar refractivity (Wildman–Crippen MR) is 78.8 cm³/mol. The van der Waals surface area contributed by atoms with E-state index in [2.05, 4.69) is 5.32 Å². The van der Waals surface area contributed by atoms with Crippen LogP contribution in [0.25, 0.3) is 0 Å². The summed E-state index contributed by atoms with van der Waals surface area (Å²) in [6, 6.07) is 3.97. The summed E-state index contributed by atoms with van der Waals surface area (Å²) in [5, 5.41) is 21.1. The van der Waals surface area contributed by atoms with Gasteiger partial charge in [-0.1, -0.05) is 11.6 Å². The van der Waals surface area contributed by atoms with Gasteiger partial charge in [0.1, 0.15) is 0 Å². The van der Waals surface area contributed by atoms with Crippen molar-refractivity contribution in [2.24, 2.45) is 5.92 Å². The second-order valence-electron chi connectivity index (χ2n) is 5.04. The second-order valence-corrected chi connectivity index (χ2v) is 5.47. The highest BCUT2D eigenvalue weighted by Crippen LogP contribution is 2.22. The zero-order valence-electron chi connectivity index (χ0n) is 11.4. The SMILES string of the molecule is O=C(O)c1cc(Cl)ccc1NC(=O)N1CCC(CO)CC1. The first-order valence-electron chi connectivity index (χ1n) is 6.71. The van der Waals surface area contributed by atoms with Gasteiger partial charge in [-0.2, -0.15) is 0 Å². The topological polar surface area (TPSA) is 89.9 Å². The molecule has 1 heterocycles. The summed E-state index contributed by atoms with van der Waals surface area (Å²) >= 11 is 5.77. The third-order valence-corrected chi connectivity index (χ3v) is 3.85. The van der Waals surface area contributed by atoms with Crippen molar-refractivity contribution < 1.29 is 19.8 Å². The lowest BCUT2D eigenvalue weighted by atomic mass is 9.98. The molecule has 0 aliphatic carbocycles. The molecule has 2 rings (SSSR count).